The van der Waals surface area contributed by atoms with Crippen molar-refractivity contribution < 1.29 is 9.53 Å². The molecule has 4 nitrogen and oxygen atoms in total. The first-order chi connectivity index (χ1) is 10.2. The van der Waals surface area contributed by atoms with Crippen LogP contribution >= 0.6 is 0 Å². The summed E-state index contributed by atoms with van der Waals surface area (Å²) in [5.41, 5.74) is 2.25. The van der Waals surface area contributed by atoms with Crippen LogP contribution in [0.3, 0.4) is 0 Å². The lowest BCUT2D eigenvalue weighted by molar-refractivity contribution is -0.120. The Morgan fingerprint density at radius 3 is 3.10 bits per heavy atom. The normalized spacial score (nSPS) is 18.2. The smallest absolute Gasteiger partial charge is 0.224 e. The summed E-state index contributed by atoms with van der Waals surface area (Å²) in [5.74, 6) is 0.0874. The fourth-order valence-corrected chi connectivity index (χ4v) is 3.05. The van der Waals surface area contributed by atoms with Crippen molar-refractivity contribution in [2.45, 2.75) is 31.8 Å². The van der Waals surface area contributed by atoms with Gasteiger partial charge in [0.05, 0.1) is 12.5 Å². The molecule has 2 aromatic rings. The minimum absolute atomic E-state index is 0.0874. The highest BCUT2D eigenvalue weighted by Gasteiger charge is 2.15. The molecule has 0 unspecified atom stereocenters. The van der Waals surface area contributed by atoms with Crippen LogP contribution in [0.4, 0.5) is 0 Å². The Labute approximate surface area is 125 Å². The van der Waals surface area contributed by atoms with E-state index in [1.807, 2.05) is 25.4 Å². The highest BCUT2D eigenvalue weighted by atomic mass is 16.5. The summed E-state index contributed by atoms with van der Waals surface area (Å²) in [6, 6.07) is 8.19. The van der Waals surface area contributed by atoms with E-state index in [0.717, 1.165) is 36.8 Å². The van der Waals surface area contributed by atoms with Crippen molar-refractivity contribution in [3.05, 3.63) is 36.0 Å². The first-order valence-corrected chi connectivity index (χ1v) is 7.65. The second-order valence-electron chi connectivity index (χ2n) is 5.73. The number of hydrogen-bond acceptors (Lipinski definition) is 2. The van der Waals surface area contributed by atoms with Crippen LogP contribution in [0.5, 0.6) is 0 Å². The molecule has 1 N–H and O–H groups in total. The van der Waals surface area contributed by atoms with E-state index in [9.17, 15) is 4.79 Å². The Bertz CT molecular complexity index is 627. The fraction of sp³-hybridized carbons (Fsp3) is 0.471. The second-order valence-corrected chi connectivity index (χ2v) is 5.73. The van der Waals surface area contributed by atoms with Crippen molar-refractivity contribution in [2.24, 2.45) is 7.05 Å². The molecule has 4 heteroatoms. The van der Waals surface area contributed by atoms with Crippen molar-refractivity contribution in [2.75, 3.05) is 13.2 Å². The SMILES string of the molecule is Cn1cc(CC(=O)NCC[C@H]2CCCO2)c2ccccc21. The van der Waals surface area contributed by atoms with Gasteiger partial charge in [0.25, 0.3) is 0 Å². The average molecular weight is 286 g/mol. The molecule has 1 saturated heterocycles. The van der Waals surface area contributed by atoms with Gasteiger partial charge in [-0.1, -0.05) is 18.2 Å². The van der Waals surface area contributed by atoms with Crippen LogP contribution in [-0.2, 0) is 23.0 Å². The van der Waals surface area contributed by atoms with E-state index >= 15 is 0 Å². The van der Waals surface area contributed by atoms with Gasteiger partial charge in [-0.2, -0.15) is 0 Å². The Kier molecular flexibility index (Phi) is 4.25. The van der Waals surface area contributed by atoms with Crippen molar-refractivity contribution in [3.63, 3.8) is 0 Å². The number of para-hydroxylation sites is 1. The zero-order valence-corrected chi connectivity index (χ0v) is 12.5. The number of aryl methyl sites for hydroxylation is 1. The van der Waals surface area contributed by atoms with E-state index in [1.165, 1.54) is 5.52 Å². The van der Waals surface area contributed by atoms with Crippen molar-refractivity contribution in [3.8, 4) is 0 Å². The number of carbonyl (C=O) groups excluding carboxylic acids is 1. The maximum absolute atomic E-state index is 12.1. The number of carbonyl (C=O) groups is 1. The van der Waals surface area contributed by atoms with Crippen molar-refractivity contribution in [1.82, 2.24) is 9.88 Å². The van der Waals surface area contributed by atoms with Gasteiger partial charge in [0.2, 0.25) is 5.91 Å². The third-order valence-corrected chi connectivity index (χ3v) is 4.14. The average Bonchev–Trinajstić information content (AvgIpc) is 3.09. The second kappa shape index (κ2) is 6.31. The van der Waals surface area contributed by atoms with E-state index in [2.05, 4.69) is 22.0 Å². The van der Waals surface area contributed by atoms with Crippen LogP contribution in [0.25, 0.3) is 10.9 Å². The number of nitrogens with zero attached hydrogens (tertiary/aromatic N) is 1. The van der Waals surface area contributed by atoms with Crippen molar-refractivity contribution in [1.29, 1.82) is 0 Å². The fourth-order valence-electron chi connectivity index (χ4n) is 3.05. The van der Waals surface area contributed by atoms with Crippen molar-refractivity contribution >= 4 is 16.8 Å². The first kappa shape index (κ1) is 14.1. The van der Waals surface area contributed by atoms with E-state index in [4.69, 9.17) is 4.74 Å². The number of fused-ring (bicyclic) bond motifs is 1. The molecule has 1 aliphatic heterocycles. The zero-order valence-electron chi connectivity index (χ0n) is 12.5. The number of hydrogen-bond donors (Lipinski definition) is 1. The largest absolute Gasteiger partial charge is 0.378 e. The van der Waals surface area contributed by atoms with Gasteiger partial charge in [-0.15, -0.1) is 0 Å². The van der Waals surface area contributed by atoms with E-state index in [0.29, 0.717) is 19.1 Å². The van der Waals surface area contributed by atoms with Gasteiger partial charge >= 0.3 is 0 Å². The number of ether oxygens (including phenoxy) is 1. The molecule has 0 radical (unpaired) electrons. The molecule has 3 rings (SSSR count). The number of benzene rings is 1. The lowest BCUT2D eigenvalue weighted by atomic mass is 10.1. The lowest BCUT2D eigenvalue weighted by Crippen LogP contribution is -2.28. The lowest BCUT2D eigenvalue weighted by Gasteiger charge is -2.09. The summed E-state index contributed by atoms with van der Waals surface area (Å²) in [6.45, 7) is 1.57. The summed E-state index contributed by atoms with van der Waals surface area (Å²) in [5, 5.41) is 4.17. The maximum atomic E-state index is 12.1. The van der Waals surface area contributed by atoms with Gasteiger partial charge in [0.1, 0.15) is 0 Å². The predicted octanol–water partition coefficient (Wildman–Crippen LogP) is 2.41. The third-order valence-electron chi connectivity index (χ3n) is 4.14. The van der Waals surface area contributed by atoms with E-state index < -0.39 is 0 Å². The van der Waals surface area contributed by atoms with Gasteiger partial charge in [-0.3, -0.25) is 4.79 Å². The topological polar surface area (TPSA) is 43.3 Å². The Morgan fingerprint density at radius 1 is 1.43 bits per heavy atom. The quantitative estimate of drug-likeness (QED) is 0.917. The van der Waals surface area contributed by atoms with Gasteiger partial charge in [0, 0.05) is 37.3 Å². The van der Waals surface area contributed by atoms with Gasteiger partial charge in [0.15, 0.2) is 0 Å². The summed E-state index contributed by atoms with van der Waals surface area (Å²) in [4.78, 5) is 12.1. The summed E-state index contributed by atoms with van der Waals surface area (Å²) < 4.78 is 7.63. The summed E-state index contributed by atoms with van der Waals surface area (Å²) >= 11 is 0. The van der Waals surface area contributed by atoms with Crippen LogP contribution < -0.4 is 5.32 Å². The monoisotopic (exact) mass is 286 g/mol. The molecule has 21 heavy (non-hydrogen) atoms. The molecule has 0 aliphatic carbocycles. The van der Waals surface area contributed by atoms with Gasteiger partial charge in [-0.05, 0) is 30.9 Å². The molecule has 1 atom stereocenters. The van der Waals surface area contributed by atoms with E-state index in [-0.39, 0.29) is 5.91 Å². The van der Waals surface area contributed by atoms with Crippen LogP contribution in [0, 0.1) is 0 Å². The Balaban J connectivity index is 1.56. The Morgan fingerprint density at radius 2 is 2.29 bits per heavy atom. The molecule has 1 aromatic carbocycles. The molecule has 0 spiro atoms. The first-order valence-electron chi connectivity index (χ1n) is 7.65. The van der Waals surface area contributed by atoms with Gasteiger partial charge < -0.3 is 14.6 Å². The molecule has 0 saturated carbocycles. The minimum Gasteiger partial charge on any atom is -0.378 e. The minimum atomic E-state index is 0.0874. The molecule has 1 aliphatic rings. The van der Waals surface area contributed by atoms with E-state index in [1.54, 1.807) is 0 Å². The van der Waals surface area contributed by atoms with Gasteiger partial charge in [-0.25, -0.2) is 0 Å². The number of rotatable bonds is 5. The predicted molar refractivity (Wildman–Crippen MR) is 83.2 cm³/mol. The maximum Gasteiger partial charge on any atom is 0.224 e. The van der Waals surface area contributed by atoms with Crippen LogP contribution in [0.2, 0.25) is 0 Å². The molecule has 112 valence electrons. The number of nitrogens with one attached hydrogen (secondary N) is 1. The van der Waals surface area contributed by atoms with Crippen LogP contribution in [0.1, 0.15) is 24.8 Å². The molecule has 0 bridgehead atoms. The number of aromatic nitrogens is 1. The molecular formula is C17H22N2O2. The number of amides is 1. The standard InChI is InChI=1S/C17H22N2O2/c1-19-12-13(15-6-2-3-7-16(15)19)11-17(20)18-9-8-14-5-4-10-21-14/h2-3,6-7,12,14H,4-5,8-11H2,1H3,(H,18,20)/t14-/m1/s1. The third kappa shape index (κ3) is 3.27. The van der Waals surface area contributed by atoms with Crippen LogP contribution in [0.15, 0.2) is 30.5 Å². The molecule has 1 fully saturated rings. The molecule has 2 heterocycles. The molecule has 1 amide bonds. The zero-order chi connectivity index (χ0) is 14.7. The molecule has 1 aromatic heterocycles. The van der Waals surface area contributed by atoms with Crippen LogP contribution in [-0.4, -0.2) is 29.7 Å². The highest BCUT2D eigenvalue weighted by molar-refractivity contribution is 5.89. The highest BCUT2D eigenvalue weighted by Crippen LogP contribution is 2.20. The Hall–Kier alpha value is -1.81. The summed E-state index contributed by atoms with van der Waals surface area (Å²) in [7, 11) is 2.02. The summed E-state index contributed by atoms with van der Waals surface area (Å²) in [6.07, 6.45) is 6.01. The molecular weight excluding hydrogens is 264 g/mol.